The average Bonchev–Trinajstić information content (AvgIpc) is 1.83. The van der Waals surface area contributed by atoms with Crippen LogP contribution in [0.2, 0.25) is 11.6 Å². The van der Waals surface area contributed by atoms with E-state index in [1.165, 1.54) is 13.1 Å². The minimum atomic E-state index is -0.564. The second kappa shape index (κ2) is 6.02. The molecule has 0 atom stereocenters. The lowest BCUT2D eigenvalue weighted by molar-refractivity contribution is 0.339. The smallest absolute Gasteiger partial charge is 0.365 e. The van der Waals surface area contributed by atoms with Gasteiger partial charge in [-0.25, -0.2) is 0 Å². The van der Waals surface area contributed by atoms with Gasteiger partial charge in [-0.15, -0.1) is 0 Å². The first-order chi connectivity index (χ1) is 5.43. The Balaban J connectivity index is 3.87. The van der Waals surface area contributed by atoms with Gasteiger partial charge in [0, 0.05) is 0 Å². The number of rotatable bonds is 5. The van der Waals surface area contributed by atoms with E-state index in [0.29, 0.717) is 0 Å². The standard InChI is InChI=1S/C8H18N.2CH3.Al/c1-7(2)5-9-6-8(3)4;;;/h7-8H,5-6H2,1-4H3;2*1H3;/q-1;;;+1. The Morgan fingerprint density at radius 3 is 1.42 bits per heavy atom. The van der Waals surface area contributed by atoms with Gasteiger partial charge in [-0.3, -0.25) is 0 Å². The molecule has 0 bridgehead atoms. The van der Waals surface area contributed by atoms with Crippen molar-refractivity contribution in [2.24, 2.45) is 11.8 Å². The van der Waals surface area contributed by atoms with Crippen LogP contribution < -0.4 is 0 Å². The molecule has 0 amide bonds. The topological polar surface area (TPSA) is 3.24 Å². The first-order valence-electron chi connectivity index (χ1n) is 5.17. The SMILES string of the molecule is CC(C)C[N](CC(C)C)[Al]([CH3])[CH3]. The molecule has 0 unspecified atom stereocenters. The molecule has 2 heteroatoms. The molecule has 0 saturated carbocycles. The molecule has 0 rings (SSSR count). The predicted molar refractivity (Wildman–Crippen MR) is 58.7 cm³/mol. The van der Waals surface area contributed by atoms with Gasteiger partial charge >= 0.3 is 14.4 Å². The summed E-state index contributed by atoms with van der Waals surface area (Å²) in [4.78, 5) is 0. The molecule has 12 heavy (non-hydrogen) atoms. The van der Waals surface area contributed by atoms with Gasteiger partial charge in [-0.2, -0.15) is 0 Å². The van der Waals surface area contributed by atoms with Crippen molar-refractivity contribution in [2.45, 2.75) is 39.3 Å². The molecule has 0 aromatic heterocycles. The summed E-state index contributed by atoms with van der Waals surface area (Å²) in [7, 11) is 0. The third-order valence-corrected chi connectivity index (χ3v) is 3.81. The fourth-order valence-corrected chi connectivity index (χ4v) is 3.12. The molecule has 0 aromatic rings. The Hall–Kier alpha value is 0.492. The molecule has 0 aromatic carbocycles. The maximum absolute atomic E-state index is 2.70. The van der Waals surface area contributed by atoms with E-state index in [4.69, 9.17) is 0 Å². The van der Waals surface area contributed by atoms with E-state index in [-0.39, 0.29) is 0 Å². The molecular weight excluding hydrogens is 161 g/mol. The van der Waals surface area contributed by atoms with E-state index < -0.39 is 14.4 Å². The maximum atomic E-state index is 2.70. The summed E-state index contributed by atoms with van der Waals surface area (Å²) in [5, 5.41) is 0. The summed E-state index contributed by atoms with van der Waals surface area (Å²) in [6.07, 6.45) is 0. The number of hydrogen-bond donors (Lipinski definition) is 0. The highest BCUT2D eigenvalue weighted by Gasteiger charge is 2.16. The molecule has 0 heterocycles. The first-order valence-corrected chi connectivity index (χ1v) is 8.00. The molecule has 0 aliphatic carbocycles. The van der Waals surface area contributed by atoms with Gasteiger partial charge < -0.3 is 3.88 Å². The summed E-state index contributed by atoms with van der Waals surface area (Å²) in [6.45, 7) is 11.8. The molecule has 0 aliphatic rings. The maximum Gasteiger partial charge on any atom is 0.365 e. The third kappa shape index (κ3) is 6.06. The zero-order valence-electron chi connectivity index (χ0n) is 9.59. The second-order valence-electron chi connectivity index (χ2n) is 4.84. The van der Waals surface area contributed by atoms with E-state index in [1.54, 1.807) is 0 Å². The monoisotopic (exact) mass is 185 g/mol. The van der Waals surface area contributed by atoms with E-state index in [0.717, 1.165) is 11.8 Å². The van der Waals surface area contributed by atoms with E-state index >= 15 is 0 Å². The molecule has 0 saturated heterocycles. The highest BCUT2D eigenvalue weighted by Crippen LogP contribution is 2.05. The van der Waals surface area contributed by atoms with Crippen molar-refractivity contribution in [3.8, 4) is 0 Å². The van der Waals surface area contributed by atoms with Crippen LogP contribution in [0.5, 0.6) is 0 Å². The first kappa shape index (κ1) is 12.5. The minimum Gasteiger partial charge on any atom is -0.384 e. The lowest BCUT2D eigenvalue weighted by Crippen LogP contribution is -2.39. The molecule has 0 aliphatic heterocycles. The normalized spacial score (nSPS) is 11.8. The zero-order chi connectivity index (χ0) is 9.72. The van der Waals surface area contributed by atoms with Crippen LogP contribution in [0.1, 0.15) is 27.7 Å². The highest BCUT2D eigenvalue weighted by atomic mass is 27.2. The van der Waals surface area contributed by atoms with Crippen LogP contribution in [0.3, 0.4) is 0 Å². The Labute approximate surface area is 82.8 Å². The summed E-state index contributed by atoms with van der Waals surface area (Å²) in [5.41, 5.74) is 0. The minimum absolute atomic E-state index is 0.564. The summed E-state index contributed by atoms with van der Waals surface area (Å²) in [5.74, 6) is 6.48. The van der Waals surface area contributed by atoms with Crippen LogP contribution in [0.25, 0.3) is 0 Å². The van der Waals surface area contributed by atoms with Crippen LogP contribution in [0.15, 0.2) is 0 Å². The molecule has 72 valence electrons. The van der Waals surface area contributed by atoms with Crippen LogP contribution in [-0.4, -0.2) is 31.3 Å². The number of nitrogens with zero attached hydrogens (tertiary/aromatic N) is 1. The Morgan fingerprint density at radius 1 is 0.917 bits per heavy atom. The van der Waals surface area contributed by atoms with Gasteiger partial charge in [0.2, 0.25) is 0 Å². The molecule has 0 fully saturated rings. The fourth-order valence-electron chi connectivity index (χ4n) is 1.43. The van der Waals surface area contributed by atoms with Crippen LogP contribution in [0, 0.1) is 11.8 Å². The number of hydrogen-bond acceptors (Lipinski definition) is 1. The lowest BCUT2D eigenvalue weighted by Gasteiger charge is -2.28. The van der Waals surface area contributed by atoms with Crippen molar-refractivity contribution in [1.82, 2.24) is 3.88 Å². The predicted octanol–water partition coefficient (Wildman–Crippen LogP) is 2.85. The van der Waals surface area contributed by atoms with Crippen molar-refractivity contribution in [3.05, 3.63) is 0 Å². The molecular formula is C10H24AlN. The molecule has 0 N–H and O–H groups in total. The van der Waals surface area contributed by atoms with Gasteiger partial charge in [-0.1, -0.05) is 39.3 Å². The van der Waals surface area contributed by atoms with Crippen molar-refractivity contribution < 1.29 is 0 Å². The van der Waals surface area contributed by atoms with E-state index in [1.807, 2.05) is 0 Å². The zero-order valence-corrected chi connectivity index (χ0v) is 10.7. The van der Waals surface area contributed by atoms with E-state index in [9.17, 15) is 0 Å². The highest BCUT2D eigenvalue weighted by molar-refractivity contribution is 6.52. The molecule has 0 radical (unpaired) electrons. The Morgan fingerprint density at radius 2 is 1.25 bits per heavy atom. The van der Waals surface area contributed by atoms with Crippen LogP contribution in [-0.2, 0) is 0 Å². The second-order valence-corrected chi connectivity index (χ2v) is 7.75. The van der Waals surface area contributed by atoms with Gasteiger partial charge in [0.05, 0.1) is 0 Å². The fraction of sp³-hybridized carbons (Fsp3) is 1.00. The van der Waals surface area contributed by atoms with Gasteiger partial charge in [0.1, 0.15) is 0 Å². The molecule has 1 nitrogen and oxygen atoms in total. The van der Waals surface area contributed by atoms with E-state index in [2.05, 4.69) is 43.1 Å². The lowest BCUT2D eigenvalue weighted by atomic mass is 10.2. The quantitative estimate of drug-likeness (QED) is 0.595. The van der Waals surface area contributed by atoms with Crippen molar-refractivity contribution in [2.75, 3.05) is 13.1 Å². The molecule has 0 spiro atoms. The van der Waals surface area contributed by atoms with Crippen LogP contribution >= 0.6 is 0 Å². The van der Waals surface area contributed by atoms with Crippen molar-refractivity contribution in [3.63, 3.8) is 0 Å². The van der Waals surface area contributed by atoms with Gasteiger partial charge in [-0.05, 0) is 24.9 Å². The Bertz CT molecular complexity index is 100. The Kier molecular flexibility index (Phi) is 6.27. The summed E-state index contributed by atoms with van der Waals surface area (Å²) < 4.78 is 2.70. The largest absolute Gasteiger partial charge is 0.384 e. The van der Waals surface area contributed by atoms with Crippen molar-refractivity contribution in [1.29, 1.82) is 0 Å². The summed E-state index contributed by atoms with van der Waals surface area (Å²) in [6, 6.07) is 0. The van der Waals surface area contributed by atoms with Gasteiger partial charge in [0.15, 0.2) is 0 Å². The van der Waals surface area contributed by atoms with Crippen molar-refractivity contribution >= 4 is 14.4 Å². The van der Waals surface area contributed by atoms with Crippen LogP contribution in [0.4, 0.5) is 0 Å². The summed E-state index contributed by atoms with van der Waals surface area (Å²) >= 11 is -0.564. The average molecular weight is 185 g/mol. The van der Waals surface area contributed by atoms with Gasteiger partial charge in [0.25, 0.3) is 0 Å². The third-order valence-electron chi connectivity index (χ3n) is 1.93.